The van der Waals surface area contributed by atoms with Gasteiger partial charge in [-0.2, -0.15) is 4.31 Å². The van der Waals surface area contributed by atoms with Crippen molar-refractivity contribution in [1.29, 1.82) is 0 Å². The molecule has 1 heterocycles. The van der Waals surface area contributed by atoms with Crippen molar-refractivity contribution >= 4 is 50.3 Å². The van der Waals surface area contributed by atoms with Gasteiger partial charge in [0.15, 0.2) is 5.11 Å². The van der Waals surface area contributed by atoms with Gasteiger partial charge in [0.1, 0.15) is 0 Å². The Morgan fingerprint density at radius 3 is 2.28 bits per heavy atom. The van der Waals surface area contributed by atoms with E-state index in [2.05, 4.69) is 10.6 Å². The average molecular weight is 396 g/mol. The van der Waals surface area contributed by atoms with E-state index in [1.165, 1.54) is 4.31 Å². The molecular weight excluding hydrogens is 378 g/mol. The highest BCUT2D eigenvalue weighted by atomic mass is 35.5. The number of thiocarbonyl (C=S) groups is 1. The molecule has 1 aliphatic rings. The maximum Gasteiger partial charge on any atom is 0.243 e. The molecule has 0 amide bonds. The second-order valence-electron chi connectivity index (χ2n) is 5.73. The lowest BCUT2D eigenvalue weighted by molar-refractivity contribution is 0.477. The molecule has 0 unspecified atom stereocenters. The Bertz CT molecular complexity index is 864. The summed E-state index contributed by atoms with van der Waals surface area (Å²) in [4.78, 5) is 0.300. The third-order valence-corrected chi connectivity index (χ3v) is 6.25. The predicted octanol–water partition coefficient (Wildman–Crippen LogP) is 3.93. The Kier molecular flexibility index (Phi) is 5.58. The van der Waals surface area contributed by atoms with Crippen LogP contribution in [-0.4, -0.2) is 30.9 Å². The Hall–Kier alpha value is -1.67. The Morgan fingerprint density at radius 1 is 1.00 bits per heavy atom. The standard InChI is InChI=1S/C17H18ClN3O2S2/c18-13-4-3-5-15(12-13)20-17(24)19-14-6-8-16(9-7-14)25(22,23)21-10-1-2-11-21/h3-9,12H,1-2,10-11H2,(H2,19,20,24). The molecule has 0 atom stereocenters. The van der Waals surface area contributed by atoms with Crippen LogP contribution in [0.3, 0.4) is 0 Å². The summed E-state index contributed by atoms with van der Waals surface area (Å²) < 4.78 is 26.5. The minimum Gasteiger partial charge on any atom is -0.332 e. The first kappa shape index (κ1) is 18.1. The third-order valence-electron chi connectivity index (χ3n) is 3.90. The summed E-state index contributed by atoms with van der Waals surface area (Å²) in [5, 5.41) is 7.07. The van der Waals surface area contributed by atoms with E-state index < -0.39 is 10.0 Å². The summed E-state index contributed by atoms with van der Waals surface area (Å²) in [5.74, 6) is 0. The molecule has 2 N–H and O–H groups in total. The van der Waals surface area contributed by atoms with Crippen molar-refractivity contribution in [3.8, 4) is 0 Å². The van der Waals surface area contributed by atoms with Gasteiger partial charge in [-0.05, 0) is 67.5 Å². The zero-order chi connectivity index (χ0) is 17.9. The fourth-order valence-corrected chi connectivity index (χ4v) is 4.59. The van der Waals surface area contributed by atoms with Gasteiger partial charge in [-0.15, -0.1) is 0 Å². The van der Waals surface area contributed by atoms with Gasteiger partial charge in [0.25, 0.3) is 0 Å². The SMILES string of the molecule is O=S(=O)(c1ccc(NC(=S)Nc2cccc(Cl)c2)cc1)N1CCCC1. The van der Waals surface area contributed by atoms with Crippen LogP contribution in [0.15, 0.2) is 53.4 Å². The molecule has 0 radical (unpaired) electrons. The molecule has 1 aliphatic heterocycles. The van der Waals surface area contributed by atoms with Gasteiger partial charge in [-0.1, -0.05) is 17.7 Å². The molecule has 1 fully saturated rings. The van der Waals surface area contributed by atoms with Crippen LogP contribution in [-0.2, 0) is 10.0 Å². The molecule has 8 heteroatoms. The molecular formula is C17H18ClN3O2S2. The number of nitrogens with zero attached hydrogens (tertiary/aromatic N) is 1. The van der Waals surface area contributed by atoms with Crippen LogP contribution < -0.4 is 10.6 Å². The highest BCUT2D eigenvalue weighted by Gasteiger charge is 2.26. The molecule has 0 aliphatic carbocycles. The molecule has 2 aromatic carbocycles. The fraction of sp³-hybridized carbons (Fsp3) is 0.235. The topological polar surface area (TPSA) is 61.4 Å². The molecule has 25 heavy (non-hydrogen) atoms. The van der Waals surface area contributed by atoms with Crippen molar-refractivity contribution in [2.24, 2.45) is 0 Å². The fourth-order valence-electron chi connectivity index (χ4n) is 2.65. The van der Waals surface area contributed by atoms with E-state index in [0.717, 1.165) is 18.5 Å². The van der Waals surface area contributed by atoms with E-state index >= 15 is 0 Å². The van der Waals surface area contributed by atoms with Gasteiger partial charge < -0.3 is 10.6 Å². The predicted molar refractivity (Wildman–Crippen MR) is 106 cm³/mol. The lowest BCUT2D eigenvalue weighted by atomic mass is 10.3. The van der Waals surface area contributed by atoms with Crippen LogP contribution in [0.1, 0.15) is 12.8 Å². The van der Waals surface area contributed by atoms with Gasteiger partial charge in [-0.25, -0.2) is 8.42 Å². The number of halogens is 1. The number of benzene rings is 2. The summed E-state index contributed by atoms with van der Waals surface area (Å²) in [5.41, 5.74) is 1.48. The van der Waals surface area contributed by atoms with Crippen LogP contribution in [0.25, 0.3) is 0 Å². The van der Waals surface area contributed by atoms with Crippen molar-refractivity contribution in [2.75, 3.05) is 23.7 Å². The maximum atomic E-state index is 12.5. The second-order valence-corrected chi connectivity index (χ2v) is 8.51. The molecule has 0 bridgehead atoms. The summed E-state index contributed by atoms with van der Waals surface area (Å²) in [6, 6.07) is 13.8. The quantitative estimate of drug-likeness (QED) is 0.768. The van der Waals surface area contributed by atoms with Crippen molar-refractivity contribution < 1.29 is 8.42 Å². The molecule has 0 spiro atoms. The van der Waals surface area contributed by atoms with Crippen molar-refractivity contribution in [3.63, 3.8) is 0 Å². The normalized spacial score (nSPS) is 15.1. The minimum absolute atomic E-state index is 0.300. The Labute approximate surface area is 158 Å². The number of hydrogen-bond donors (Lipinski definition) is 2. The van der Waals surface area contributed by atoms with E-state index in [9.17, 15) is 8.42 Å². The van der Waals surface area contributed by atoms with Gasteiger partial charge in [0.05, 0.1) is 4.90 Å². The van der Waals surface area contributed by atoms with Gasteiger partial charge >= 0.3 is 0 Å². The molecule has 5 nitrogen and oxygen atoms in total. The first-order chi connectivity index (χ1) is 11.9. The summed E-state index contributed by atoms with van der Waals surface area (Å²) in [7, 11) is -3.39. The smallest absolute Gasteiger partial charge is 0.243 e. The van der Waals surface area contributed by atoms with Crippen molar-refractivity contribution in [2.45, 2.75) is 17.7 Å². The van der Waals surface area contributed by atoms with E-state index in [0.29, 0.717) is 33.8 Å². The number of anilines is 2. The monoisotopic (exact) mass is 395 g/mol. The lowest BCUT2D eigenvalue weighted by Crippen LogP contribution is -2.27. The van der Waals surface area contributed by atoms with E-state index in [1.807, 2.05) is 12.1 Å². The number of rotatable bonds is 4. The molecule has 1 saturated heterocycles. The first-order valence-corrected chi connectivity index (χ1v) is 10.1. The number of sulfonamides is 1. The lowest BCUT2D eigenvalue weighted by Gasteiger charge is -2.16. The summed E-state index contributed by atoms with van der Waals surface area (Å²) >= 11 is 11.2. The molecule has 132 valence electrons. The summed E-state index contributed by atoms with van der Waals surface area (Å²) in [6.07, 6.45) is 1.84. The Morgan fingerprint density at radius 2 is 1.64 bits per heavy atom. The van der Waals surface area contributed by atoms with E-state index in [4.69, 9.17) is 23.8 Å². The average Bonchev–Trinajstić information content (AvgIpc) is 3.10. The molecule has 2 aromatic rings. The van der Waals surface area contributed by atoms with Crippen LogP contribution in [0, 0.1) is 0 Å². The van der Waals surface area contributed by atoms with Gasteiger partial charge in [-0.3, -0.25) is 0 Å². The van der Waals surface area contributed by atoms with Crippen LogP contribution in [0.5, 0.6) is 0 Å². The first-order valence-electron chi connectivity index (χ1n) is 7.89. The van der Waals surface area contributed by atoms with Gasteiger partial charge in [0, 0.05) is 29.5 Å². The zero-order valence-corrected chi connectivity index (χ0v) is 15.8. The van der Waals surface area contributed by atoms with E-state index in [1.54, 1.807) is 36.4 Å². The van der Waals surface area contributed by atoms with Crippen molar-refractivity contribution in [3.05, 3.63) is 53.6 Å². The molecule has 3 rings (SSSR count). The largest absolute Gasteiger partial charge is 0.332 e. The van der Waals surface area contributed by atoms with Crippen LogP contribution >= 0.6 is 23.8 Å². The van der Waals surface area contributed by atoms with Crippen molar-refractivity contribution in [1.82, 2.24) is 4.31 Å². The van der Waals surface area contributed by atoms with Crippen LogP contribution in [0.2, 0.25) is 5.02 Å². The third kappa shape index (κ3) is 4.49. The Balaban J connectivity index is 1.65. The zero-order valence-electron chi connectivity index (χ0n) is 13.4. The molecule has 0 aromatic heterocycles. The van der Waals surface area contributed by atoms with E-state index in [-0.39, 0.29) is 0 Å². The minimum atomic E-state index is -3.39. The van der Waals surface area contributed by atoms with Crippen LogP contribution in [0.4, 0.5) is 11.4 Å². The number of hydrogen-bond acceptors (Lipinski definition) is 3. The highest BCUT2D eigenvalue weighted by Crippen LogP contribution is 2.22. The number of nitrogens with one attached hydrogen (secondary N) is 2. The summed E-state index contributed by atoms with van der Waals surface area (Å²) in [6.45, 7) is 1.19. The maximum absolute atomic E-state index is 12.5. The second kappa shape index (κ2) is 7.70. The highest BCUT2D eigenvalue weighted by molar-refractivity contribution is 7.89. The van der Waals surface area contributed by atoms with Gasteiger partial charge in [0.2, 0.25) is 10.0 Å². The molecule has 0 saturated carbocycles.